The van der Waals surface area contributed by atoms with E-state index in [1.807, 2.05) is 0 Å². The highest BCUT2D eigenvalue weighted by molar-refractivity contribution is 7.89. The van der Waals surface area contributed by atoms with Gasteiger partial charge in [-0.2, -0.15) is 4.31 Å². The van der Waals surface area contributed by atoms with E-state index in [4.69, 9.17) is 5.11 Å². The number of aliphatic carboxylic acids is 1. The normalized spacial score (nSPS) is 20.6. The summed E-state index contributed by atoms with van der Waals surface area (Å²) < 4.78 is 51.4. The van der Waals surface area contributed by atoms with Crippen LogP contribution in [0.25, 0.3) is 0 Å². The second kappa shape index (κ2) is 4.86. The third kappa shape index (κ3) is 2.59. The van der Waals surface area contributed by atoms with Crippen molar-refractivity contribution in [3.05, 3.63) is 29.8 Å². The fourth-order valence-electron chi connectivity index (χ4n) is 1.97. The molecule has 0 amide bonds. The van der Waals surface area contributed by atoms with Crippen molar-refractivity contribution in [1.29, 1.82) is 0 Å². The summed E-state index contributed by atoms with van der Waals surface area (Å²) in [4.78, 5) is 10.1. The molecule has 8 heteroatoms. The molecule has 0 spiro atoms. The summed E-state index contributed by atoms with van der Waals surface area (Å²) in [6.45, 7) is -0.190. The van der Waals surface area contributed by atoms with E-state index in [-0.39, 0.29) is 19.5 Å². The molecule has 1 fully saturated rings. The van der Waals surface area contributed by atoms with E-state index in [1.165, 1.54) is 0 Å². The summed E-state index contributed by atoms with van der Waals surface area (Å²) in [7, 11) is -4.12. The van der Waals surface area contributed by atoms with Gasteiger partial charge in [-0.3, -0.25) is 4.79 Å². The molecule has 1 aromatic carbocycles. The molecule has 2 rings (SSSR count). The molecule has 0 aliphatic carbocycles. The molecule has 1 saturated heterocycles. The van der Waals surface area contributed by atoms with Crippen LogP contribution in [-0.2, 0) is 14.8 Å². The minimum Gasteiger partial charge on any atom is -0.481 e. The van der Waals surface area contributed by atoms with Crippen molar-refractivity contribution in [2.45, 2.75) is 11.3 Å². The van der Waals surface area contributed by atoms with E-state index in [1.54, 1.807) is 0 Å². The standard InChI is InChI=1S/C11H11F2NO4S/c12-8-1-2-10(9(13)5-8)19(17,18)14-4-3-7(6-14)11(15)16/h1-2,5,7H,3-4,6H2,(H,15,16)/t7-/m1/s1. The molecule has 104 valence electrons. The summed E-state index contributed by atoms with van der Waals surface area (Å²) in [6.07, 6.45) is 0.178. The molecule has 0 aromatic heterocycles. The van der Waals surface area contributed by atoms with Gasteiger partial charge in [-0.05, 0) is 18.6 Å². The quantitative estimate of drug-likeness (QED) is 0.903. The fourth-order valence-corrected chi connectivity index (χ4v) is 3.52. The summed E-state index contributed by atoms with van der Waals surface area (Å²) in [5.41, 5.74) is 0. The van der Waals surface area contributed by atoms with Gasteiger partial charge in [0.1, 0.15) is 16.5 Å². The number of carboxylic acid groups (broad SMARTS) is 1. The Morgan fingerprint density at radius 2 is 2.05 bits per heavy atom. The van der Waals surface area contributed by atoms with Crippen LogP contribution < -0.4 is 0 Å². The van der Waals surface area contributed by atoms with Crippen LogP contribution in [0.3, 0.4) is 0 Å². The lowest BCUT2D eigenvalue weighted by molar-refractivity contribution is -0.141. The van der Waals surface area contributed by atoms with Crippen LogP contribution in [-0.4, -0.2) is 36.9 Å². The first kappa shape index (κ1) is 13.9. The highest BCUT2D eigenvalue weighted by Gasteiger charge is 2.36. The van der Waals surface area contributed by atoms with E-state index in [9.17, 15) is 22.0 Å². The Morgan fingerprint density at radius 1 is 1.37 bits per heavy atom. The Bertz CT molecular complexity index is 617. The zero-order valence-corrected chi connectivity index (χ0v) is 10.5. The first-order valence-electron chi connectivity index (χ1n) is 5.50. The lowest BCUT2D eigenvalue weighted by Crippen LogP contribution is -2.30. The summed E-state index contributed by atoms with van der Waals surface area (Å²) in [5.74, 6) is -3.93. The maximum absolute atomic E-state index is 13.5. The molecule has 0 bridgehead atoms. The van der Waals surface area contributed by atoms with E-state index in [0.29, 0.717) is 6.07 Å². The van der Waals surface area contributed by atoms with Crippen LogP contribution in [0.4, 0.5) is 8.78 Å². The molecule has 0 unspecified atom stereocenters. The maximum Gasteiger partial charge on any atom is 0.307 e. The highest BCUT2D eigenvalue weighted by Crippen LogP contribution is 2.26. The molecule has 1 aliphatic heterocycles. The van der Waals surface area contributed by atoms with E-state index in [2.05, 4.69) is 0 Å². The molecule has 0 radical (unpaired) electrons. The van der Waals surface area contributed by atoms with Crippen molar-refractivity contribution in [2.75, 3.05) is 13.1 Å². The smallest absolute Gasteiger partial charge is 0.307 e. The molecular weight excluding hydrogens is 280 g/mol. The van der Waals surface area contributed by atoms with Crippen LogP contribution in [0, 0.1) is 17.6 Å². The van der Waals surface area contributed by atoms with Crippen LogP contribution >= 0.6 is 0 Å². The predicted molar refractivity (Wildman–Crippen MR) is 60.9 cm³/mol. The van der Waals surface area contributed by atoms with Crippen molar-refractivity contribution in [3.63, 3.8) is 0 Å². The fraction of sp³-hybridized carbons (Fsp3) is 0.364. The topological polar surface area (TPSA) is 74.7 Å². The van der Waals surface area contributed by atoms with Gasteiger partial charge in [-0.1, -0.05) is 0 Å². The first-order chi connectivity index (χ1) is 8.82. The zero-order valence-electron chi connectivity index (χ0n) is 9.71. The third-order valence-electron chi connectivity index (χ3n) is 3.01. The molecule has 19 heavy (non-hydrogen) atoms. The van der Waals surface area contributed by atoms with Crippen LogP contribution in [0.2, 0.25) is 0 Å². The third-order valence-corrected chi connectivity index (χ3v) is 4.91. The second-order valence-corrected chi connectivity index (χ2v) is 6.17. The van der Waals surface area contributed by atoms with Crippen LogP contribution in [0.1, 0.15) is 6.42 Å². The Morgan fingerprint density at radius 3 is 2.58 bits per heavy atom. The average Bonchev–Trinajstić information content (AvgIpc) is 2.78. The first-order valence-corrected chi connectivity index (χ1v) is 6.94. The number of halogens is 2. The Balaban J connectivity index is 2.31. The predicted octanol–water partition coefficient (Wildman–Crippen LogP) is 1.06. The van der Waals surface area contributed by atoms with Gasteiger partial charge in [-0.25, -0.2) is 17.2 Å². The van der Waals surface area contributed by atoms with Gasteiger partial charge in [0.05, 0.1) is 5.92 Å². The monoisotopic (exact) mass is 291 g/mol. The Labute approximate surface area is 108 Å². The molecular formula is C11H11F2NO4S. The number of hydrogen-bond acceptors (Lipinski definition) is 3. The Hall–Kier alpha value is -1.54. The maximum atomic E-state index is 13.5. The Kier molecular flexibility index (Phi) is 3.55. The number of nitrogens with zero attached hydrogens (tertiary/aromatic N) is 1. The summed E-state index contributed by atoms with van der Waals surface area (Å²) >= 11 is 0. The molecule has 1 aliphatic rings. The van der Waals surface area contributed by atoms with Crippen molar-refractivity contribution in [1.82, 2.24) is 4.31 Å². The SMILES string of the molecule is O=C(O)[C@@H]1CCN(S(=O)(=O)c2ccc(F)cc2F)C1. The molecule has 5 nitrogen and oxygen atoms in total. The number of benzene rings is 1. The lowest BCUT2D eigenvalue weighted by Gasteiger charge is -2.16. The summed E-state index contributed by atoms with van der Waals surface area (Å²) in [5, 5.41) is 8.81. The number of hydrogen-bond donors (Lipinski definition) is 1. The van der Waals surface area contributed by atoms with Gasteiger partial charge in [-0.15, -0.1) is 0 Å². The van der Waals surface area contributed by atoms with Crippen molar-refractivity contribution in [3.8, 4) is 0 Å². The zero-order chi connectivity index (χ0) is 14.2. The summed E-state index contributed by atoms with van der Waals surface area (Å²) in [6, 6.07) is 2.17. The average molecular weight is 291 g/mol. The highest BCUT2D eigenvalue weighted by atomic mass is 32.2. The van der Waals surface area contributed by atoms with Gasteiger partial charge >= 0.3 is 5.97 Å². The number of carboxylic acids is 1. The van der Waals surface area contributed by atoms with Gasteiger partial charge in [0.2, 0.25) is 10.0 Å². The molecule has 1 atom stereocenters. The van der Waals surface area contributed by atoms with E-state index >= 15 is 0 Å². The van der Waals surface area contributed by atoms with Gasteiger partial charge in [0.15, 0.2) is 0 Å². The molecule has 1 heterocycles. The molecule has 1 N–H and O–H groups in total. The lowest BCUT2D eigenvalue weighted by atomic mass is 10.1. The van der Waals surface area contributed by atoms with Crippen molar-refractivity contribution >= 4 is 16.0 Å². The number of carbonyl (C=O) groups is 1. The molecule has 0 saturated carbocycles. The van der Waals surface area contributed by atoms with E-state index in [0.717, 1.165) is 16.4 Å². The number of sulfonamides is 1. The van der Waals surface area contributed by atoms with Gasteiger partial charge in [0.25, 0.3) is 0 Å². The minimum absolute atomic E-state index is 0.0100. The minimum atomic E-state index is -4.12. The van der Waals surface area contributed by atoms with Crippen LogP contribution in [0.15, 0.2) is 23.1 Å². The number of rotatable bonds is 3. The van der Waals surface area contributed by atoms with Crippen LogP contribution in [0.5, 0.6) is 0 Å². The largest absolute Gasteiger partial charge is 0.481 e. The molecule has 1 aromatic rings. The van der Waals surface area contributed by atoms with Gasteiger partial charge < -0.3 is 5.11 Å². The van der Waals surface area contributed by atoms with Crippen molar-refractivity contribution < 1.29 is 27.1 Å². The van der Waals surface area contributed by atoms with Crippen molar-refractivity contribution in [2.24, 2.45) is 5.92 Å². The van der Waals surface area contributed by atoms with E-state index < -0.39 is 38.4 Å². The van der Waals surface area contributed by atoms with Gasteiger partial charge in [0, 0.05) is 19.2 Å². The second-order valence-electron chi connectivity index (χ2n) is 4.26.